The topological polar surface area (TPSA) is 118 Å². The number of hydrogen-bond acceptors (Lipinski definition) is 5. The third-order valence-corrected chi connectivity index (χ3v) is 9.40. The number of hydrogen-bond donors (Lipinski definition) is 2. The van der Waals surface area contributed by atoms with E-state index in [-0.39, 0.29) is 41.9 Å². The van der Waals surface area contributed by atoms with Crippen LogP contribution in [0.1, 0.15) is 42.0 Å². The van der Waals surface area contributed by atoms with Crippen molar-refractivity contribution in [2.24, 2.45) is 5.92 Å². The number of amides is 3. The van der Waals surface area contributed by atoms with Gasteiger partial charge in [-0.1, -0.05) is 24.3 Å². The summed E-state index contributed by atoms with van der Waals surface area (Å²) >= 11 is 0. The lowest BCUT2D eigenvalue weighted by Crippen LogP contribution is -2.35. The molecular formula is C32H30N6O4. The Bertz CT molecular complexity index is 1870. The maximum Gasteiger partial charge on any atom is 0.329 e. The summed E-state index contributed by atoms with van der Waals surface area (Å²) in [6, 6.07) is 16.9. The van der Waals surface area contributed by atoms with Gasteiger partial charge in [-0.3, -0.25) is 23.5 Å². The second-order valence-electron chi connectivity index (χ2n) is 12.0. The van der Waals surface area contributed by atoms with Crippen LogP contribution in [0.25, 0.3) is 11.0 Å². The molecule has 2 aliphatic heterocycles. The highest BCUT2D eigenvalue weighted by Gasteiger charge is 2.51. The SMILES string of the molecule is O=C(Cn1c(=O)n(C2CCN(C(=O)C3CC3)C2)c2ccccc21)Nc1ccc2c(c1)CC1(C2)C(=O)Nc2ncccc21. The van der Waals surface area contributed by atoms with Crippen molar-refractivity contribution in [1.82, 2.24) is 19.0 Å². The molecule has 1 saturated heterocycles. The molecule has 10 nitrogen and oxygen atoms in total. The molecule has 2 fully saturated rings. The number of para-hydroxylation sites is 2. The van der Waals surface area contributed by atoms with Crippen LogP contribution in [0.3, 0.4) is 0 Å². The minimum absolute atomic E-state index is 0.0453. The summed E-state index contributed by atoms with van der Waals surface area (Å²) in [5.74, 6) is 0.615. The van der Waals surface area contributed by atoms with Gasteiger partial charge >= 0.3 is 5.69 Å². The van der Waals surface area contributed by atoms with Crippen LogP contribution < -0.4 is 16.3 Å². The van der Waals surface area contributed by atoms with E-state index in [1.54, 1.807) is 10.8 Å². The van der Waals surface area contributed by atoms with Crippen molar-refractivity contribution in [2.45, 2.75) is 50.1 Å². The summed E-state index contributed by atoms with van der Waals surface area (Å²) in [6.07, 6.45) is 5.43. The van der Waals surface area contributed by atoms with E-state index in [2.05, 4.69) is 15.6 Å². The maximum absolute atomic E-state index is 13.7. The van der Waals surface area contributed by atoms with Gasteiger partial charge < -0.3 is 15.5 Å². The van der Waals surface area contributed by atoms with Gasteiger partial charge in [-0.2, -0.15) is 0 Å². The van der Waals surface area contributed by atoms with Crippen LogP contribution in [0.15, 0.2) is 65.6 Å². The van der Waals surface area contributed by atoms with E-state index >= 15 is 0 Å². The fraction of sp³-hybridized carbons (Fsp3) is 0.344. The molecule has 212 valence electrons. The molecule has 1 saturated carbocycles. The van der Waals surface area contributed by atoms with Crippen molar-refractivity contribution in [3.05, 3.63) is 88.0 Å². The van der Waals surface area contributed by atoms with Crippen molar-refractivity contribution < 1.29 is 14.4 Å². The molecule has 2 aromatic heterocycles. The summed E-state index contributed by atoms with van der Waals surface area (Å²) in [7, 11) is 0. The Labute approximate surface area is 241 Å². The average molecular weight is 563 g/mol. The number of nitrogens with zero attached hydrogens (tertiary/aromatic N) is 4. The second kappa shape index (κ2) is 9.14. The molecular weight excluding hydrogens is 532 g/mol. The Morgan fingerprint density at radius 3 is 2.62 bits per heavy atom. The highest BCUT2D eigenvalue weighted by Crippen LogP contribution is 2.47. The minimum Gasteiger partial charge on any atom is -0.340 e. The van der Waals surface area contributed by atoms with E-state index < -0.39 is 5.41 Å². The molecule has 2 atom stereocenters. The van der Waals surface area contributed by atoms with E-state index in [0.717, 1.165) is 35.0 Å². The molecule has 2 aromatic carbocycles. The first-order chi connectivity index (χ1) is 20.4. The Hall–Kier alpha value is -4.73. The van der Waals surface area contributed by atoms with E-state index in [9.17, 15) is 19.2 Å². The molecule has 1 spiro atoms. The summed E-state index contributed by atoms with van der Waals surface area (Å²) in [6.45, 7) is 1.03. The van der Waals surface area contributed by atoms with Crippen molar-refractivity contribution in [1.29, 1.82) is 0 Å². The molecule has 8 rings (SSSR count). The molecule has 10 heteroatoms. The minimum atomic E-state index is -0.678. The number of imidazole rings is 1. The maximum atomic E-state index is 13.7. The lowest BCUT2D eigenvalue weighted by molar-refractivity contribution is -0.131. The van der Waals surface area contributed by atoms with Crippen molar-refractivity contribution in [3.63, 3.8) is 0 Å². The van der Waals surface area contributed by atoms with Crippen molar-refractivity contribution >= 4 is 40.3 Å². The standard InChI is InChI=1S/C32H30N6O4/c39-27(34-22-10-9-20-15-32(16-21(20)14-22)24-4-3-12-33-28(24)35-30(32)41)18-37-25-5-1-2-6-26(25)38(31(37)42)23-11-13-36(17-23)29(40)19-7-8-19/h1-6,9-10,12,14,19,23H,7-8,11,13,15-18H2,(H,34,39)(H,33,35,41). The number of fused-ring (bicyclic) bond motifs is 4. The van der Waals surface area contributed by atoms with Gasteiger partial charge in [0.1, 0.15) is 12.4 Å². The van der Waals surface area contributed by atoms with Crippen molar-refractivity contribution in [2.75, 3.05) is 23.7 Å². The number of pyridine rings is 1. The number of aromatic nitrogens is 3. The first-order valence-corrected chi connectivity index (χ1v) is 14.6. The molecule has 2 N–H and O–H groups in total. The van der Waals surface area contributed by atoms with Crippen LogP contribution in [0, 0.1) is 5.92 Å². The van der Waals surface area contributed by atoms with Gasteiger partial charge in [0.2, 0.25) is 17.7 Å². The molecule has 4 aromatic rings. The van der Waals surface area contributed by atoms with Crippen molar-refractivity contribution in [3.8, 4) is 0 Å². The molecule has 2 unspecified atom stereocenters. The van der Waals surface area contributed by atoms with E-state index in [1.807, 2.05) is 59.5 Å². The Balaban J connectivity index is 1.02. The highest BCUT2D eigenvalue weighted by molar-refractivity contribution is 6.06. The monoisotopic (exact) mass is 562 g/mol. The lowest BCUT2D eigenvalue weighted by Gasteiger charge is -2.20. The predicted octanol–water partition coefficient (Wildman–Crippen LogP) is 3.01. The molecule has 4 heterocycles. The van der Waals surface area contributed by atoms with Crippen LogP contribution in [0.5, 0.6) is 0 Å². The van der Waals surface area contributed by atoms with Gasteiger partial charge in [0.05, 0.1) is 22.5 Å². The summed E-state index contributed by atoms with van der Waals surface area (Å²) < 4.78 is 3.28. The smallest absolute Gasteiger partial charge is 0.329 e. The number of carbonyl (C=O) groups excluding carboxylic acids is 3. The number of carbonyl (C=O) groups is 3. The molecule has 0 bridgehead atoms. The van der Waals surface area contributed by atoms with Gasteiger partial charge in [-0.05, 0) is 73.6 Å². The van der Waals surface area contributed by atoms with Crippen LogP contribution in [0.4, 0.5) is 11.5 Å². The summed E-state index contributed by atoms with van der Waals surface area (Å²) in [5.41, 5.74) is 4.17. The van der Waals surface area contributed by atoms with Gasteiger partial charge in [0, 0.05) is 36.5 Å². The largest absolute Gasteiger partial charge is 0.340 e. The Morgan fingerprint density at radius 1 is 0.976 bits per heavy atom. The fourth-order valence-electron chi connectivity index (χ4n) is 7.17. The van der Waals surface area contributed by atoms with Gasteiger partial charge in [-0.25, -0.2) is 9.78 Å². The van der Waals surface area contributed by atoms with E-state index in [4.69, 9.17) is 0 Å². The number of rotatable bonds is 5. The quantitative estimate of drug-likeness (QED) is 0.388. The Kier molecular flexibility index (Phi) is 5.44. The lowest BCUT2D eigenvalue weighted by atomic mass is 9.79. The summed E-state index contributed by atoms with van der Waals surface area (Å²) in [5, 5.41) is 5.89. The zero-order valence-corrected chi connectivity index (χ0v) is 23.0. The first kappa shape index (κ1) is 25.0. The molecule has 3 amide bonds. The number of anilines is 2. The molecule has 42 heavy (non-hydrogen) atoms. The third-order valence-electron chi connectivity index (χ3n) is 9.40. The Morgan fingerprint density at radius 2 is 1.79 bits per heavy atom. The number of likely N-dealkylation sites (tertiary alicyclic amines) is 1. The normalized spacial score (nSPS) is 22.4. The average Bonchev–Trinajstić information content (AvgIpc) is 3.37. The van der Waals surface area contributed by atoms with Crippen LogP contribution in [0.2, 0.25) is 0 Å². The van der Waals surface area contributed by atoms with Crippen LogP contribution in [-0.2, 0) is 39.2 Å². The zero-order valence-electron chi connectivity index (χ0n) is 23.0. The highest BCUT2D eigenvalue weighted by atomic mass is 16.2. The second-order valence-corrected chi connectivity index (χ2v) is 12.0. The van der Waals surface area contributed by atoms with Crippen LogP contribution in [-0.4, -0.2) is 49.8 Å². The van der Waals surface area contributed by atoms with Gasteiger partial charge in [0.15, 0.2) is 0 Å². The zero-order chi connectivity index (χ0) is 28.6. The number of benzene rings is 2. The van der Waals surface area contributed by atoms with Gasteiger partial charge in [-0.15, -0.1) is 0 Å². The number of nitrogens with one attached hydrogen (secondary N) is 2. The van der Waals surface area contributed by atoms with E-state index in [0.29, 0.717) is 49.4 Å². The van der Waals surface area contributed by atoms with Crippen LogP contribution >= 0.6 is 0 Å². The fourth-order valence-corrected chi connectivity index (χ4v) is 7.17. The summed E-state index contributed by atoms with van der Waals surface area (Å²) in [4.78, 5) is 58.9. The molecule has 4 aliphatic rings. The predicted molar refractivity (Wildman–Crippen MR) is 156 cm³/mol. The molecule has 0 radical (unpaired) electrons. The van der Waals surface area contributed by atoms with E-state index in [1.165, 1.54) is 4.57 Å². The third kappa shape index (κ3) is 3.81. The van der Waals surface area contributed by atoms with Gasteiger partial charge in [0.25, 0.3) is 0 Å². The molecule has 2 aliphatic carbocycles. The first-order valence-electron chi connectivity index (χ1n) is 14.6.